The van der Waals surface area contributed by atoms with Crippen molar-refractivity contribution in [3.63, 3.8) is 0 Å². The number of rotatable bonds is 5. The summed E-state index contributed by atoms with van der Waals surface area (Å²) in [5.41, 5.74) is 0.659. The number of carbonyl (C=O) groups excluding carboxylic acids is 1. The molecule has 26 heavy (non-hydrogen) atoms. The minimum Gasteiger partial charge on any atom is -0.439 e. The fourth-order valence-corrected chi connectivity index (χ4v) is 3.40. The first-order valence-electron chi connectivity index (χ1n) is 7.69. The van der Waals surface area contributed by atoms with E-state index in [1.807, 2.05) is 11.8 Å². The van der Waals surface area contributed by atoms with Crippen molar-refractivity contribution in [1.82, 2.24) is 10.3 Å². The number of nitrogens with one attached hydrogen (secondary N) is 2. The summed E-state index contributed by atoms with van der Waals surface area (Å²) in [6.07, 6.45) is 2.06. The normalized spacial score (nSPS) is 16.0. The van der Waals surface area contributed by atoms with E-state index in [0.717, 1.165) is 18.1 Å². The monoisotopic (exact) mass is 435 g/mol. The SMILES string of the molecule is Cl.Cl.O=C(CC1CSCCN1)Nc1ccc(Oc2ccc(Cl)cc2)nc1. The molecule has 0 bridgehead atoms. The summed E-state index contributed by atoms with van der Waals surface area (Å²) in [6, 6.07) is 10.8. The van der Waals surface area contributed by atoms with E-state index in [9.17, 15) is 4.79 Å². The Labute approximate surface area is 174 Å². The molecule has 1 unspecified atom stereocenters. The van der Waals surface area contributed by atoms with Gasteiger partial charge in [-0.05, 0) is 30.3 Å². The lowest BCUT2D eigenvalue weighted by Gasteiger charge is -2.22. The fraction of sp³-hybridized carbons (Fsp3) is 0.294. The highest BCUT2D eigenvalue weighted by Crippen LogP contribution is 2.22. The van der Waals surface area contributed by atoms with Gasteiger partial charge < -0.3 is 15.4 Å². The fourth-order valence-electron chi connectivity index (χ4n) is 2.32. The number of aromatic nitrogens is 1. The minimum atomic E-state index is -0.0110. The number of anilines is 1. The van der Waals surface area contributed by atoms with Crippen LogP contribution in [-0.4, -0.2) is 35.0 Å². The summed E-state index contributed by atoms with van der Waals surface area (Å²) in [7, 11) is 0. The highest BCUT2D eigenvalue weighted by Gasteiger charge is 2.16. The van der Waals surface area contributed by atoms with Crippen LogP contribution in [-0.2, 0) is 4.79 Å². The van der Waals surface area contributed by atoms with Crippen LogP contribution in [0.5, 0.6) is 11.6 Å². The van der Waals surface area contributed by atoms with E-state index in [1.54, 1.807) is 42.6 Å². The zero-order valence-electron chi connectivity index (χ0n) is 13.8. The molecule has 1 fully saturated rings. The van der Waals surface area contributed by atoms with Crippen LogP contribution < -0.4 is 15.4 Å². The van der Waals surface area contributed by atoms with Gasteiger partial charge in [0.1, 0.15) is 5.75 Å². The maximum Gasteiger partial charge on any atom is 0.226 e. The van der Waals surface area contributed by atoms with Gasteiger partial charge in [-0.3, -0.25) is 4.79 Å². The van der Waals surface area contributed by atoms with E-state index in [4.69, 9.17) is 16.3 Å². The maximum atomic E-state index is 12.1. The van der Waals surface area contributed by atoms with Crippen molar-refractivity contribution >= 4 is 59.8 Å². The van der Waals surface area contributed by atoms with Crippen LogP contribution in [0.25, 0.3) is 0 Å². The number of pyridine rings is 1. The largest absolute Gasteiger partial charge is 0.439 e. The lowest BCUT2D eigenvalue weighted by molar-refractivity contribution is -0.116. The highest BCUT2D eigenvalue weighted by atomic mass is 35.5. The van der Waals surface area contributed by atoms with E-state index in [1.165, 1.54) is 0 Å². The molecule has 1 atom stereocenters. The molecule has 3 rings (SSSR count). The van der Waals surface area contributed by atoms with Crippen molar-refractivity contribution in [2.75, 3.05) is 23.4 Å². The first-order chi connectivity index (χ1) is 11.7. The number of thioether (sulfide) groups is 1. The molecule has 1 aromatic carbocycles. The van der Waals surface area contributed by atoms with E-state index in [0.29, 0.717) is 28.8 Å². The van der Waals surface area contributed by atoms with Crippen molar-refractivity contribution in [3.05, 3.63) is 47.6 Å². The molecule has 9 heteroatoms. The Kier molecular flexibility index (Phi) is 10.1. The number of amides is 1. The number of hydrogen-bond acceptors (Lipinski definition) is 5. The Balaban J connectivity index is 0.00000169. The Morgan fingerprint density at radius 3 is 2.65 bits per heavy atom. The lowest BCUT2D eigenvalue weighted by atomic mass is 10.2. The third kappa shape index (κ3) is 7.21. The first kappa shape index (κ1) is 22.9. The van der Waals surface area contributed by atoms with Crippen LogP contribution in [0.3, 0.4) is 0 Å². The average Bonchev–Trinajstić information content (AvgIpc) is 2.59. The van der Waals surface area contributed by atoms with Crippen LogP contribution in [0.4, 0.5) is 5.69 Å². The molecule has 2 aromatic rings. The summed E-state index contributed by atoms with van der Waals surface area (Å²) in [4.78, 5) is 16.3. The topological polar surface area (TPSA) is 63.2 Å². The molecule has 0 aliphatic carbocycles. The van der Waals surface area contributed by atoms with Crippen molar-refractivity contribution in [1.29, 1.82) is 0 Å². The second-order valence-corrected chi connectivity index (χ2v) is 7.01. The molecule has 1 saturated heterocycles. The number of halogens is 3. The van der Waals surface area contributed by atoms with Crippen LogP contribution in [0, 0.1) is 0 Å². The molecule has 5 nitrogen and oxygen atoms in total. The van der Waals surface area contributed by atoms with E-state index in [2.05, 4.69) is 15.6 Å². The summed E-state index contributed by atoms with van der Waals surface area (Å²) < 4.78 is 5.62. The van der Waals surface area contributed by atoms with Gasteiger partial charge in [-0.1, -0.05) is 11.6 Å². The van der Waals surface area contributed by atoms with Gasteiger partial charge in [0.2, 0.25) is 11.8 Å². The Morgan fingerprint density at radius 1 is 1.27 bits per heavy atom. The molecule has 1 aromatic heterocycles. The van der Waals surface area contributed by atoms with E-state index in [-0.39, 0.29) is 36.8 Å². The smallest absolute Gasteiger partial charge is 0.226 e. The zero-order chi connectivity index (χ0) is 16.8. The summed E-state index contributed by atoms with van der Waals surface area (Å²) in [6.45, 7) is 0.959. The third-order valence-corrected chi connectivity index (χ3v) is 4.87. The standard InChI is InChI=1S/C17H18ClN3O2S.2ClH/c18-12-1-4-15(5-2-12)23-17-6-3-13(10-20-17)21-16(22)9-14-11-24-8-7-19-14;;/h1-6,10,14,19H,7-9,11H2,(H,21,22);2*1H. The van der Waals surface area contributed by atoms with Crippen LogP contribution in [0.15, 0.2) is 42.6 Å². The summed E-state index contributed by atoms with van der Waals surface area (Å²) in [5.74, 6) is 3.19. The van der Waals surface area contributed by atoms with E-state index < -0.39 is 0 Å². The summed E-state index contributed by atoms with van der Waals surface area (Å²) >= 11 is 7.71. The number of carbonyl (C=O) groups is 1. The van der Waals surface area contributed by atoms with Crippen LogP contribution >= 0.6 is 48.2 Å². The van der Waals surface area contributed by atoms with Gasteiger partial charge in [0.15, 0.2) is 0 Å². The van der Waals surface area contributed by atoms with Crippen LogP contribution in [0.1, 0.15) is 6.42 Å². The van der Waals surface area contributed by atoms with Crippen molar-refractivity contribution in [2.45, 2.75) is 12.5 Å². The molecule has 142 valence electrons. The van der Waals surface area contributed by atoms with Crippen molar-refractivity contribution in [2.24, 2.45) is 0 Å². The Hall–Kier alpha value is -1.18. The first-order valence-corrected chi connectivity index (χ1v) is 9.23. The molecule has 0 spiro atoms. The second-order valence-electron chi connectivity index (χ2n) is 5.42. The highest BCUT2D eigenvalue weighted by molar-refractivity contribution is 7.99. The van der Waals surface area contributed by atoms with Gasteiger partial charge >= 0.3 is 0 Å². The number of benzene rings is 1. The molecule has 0 saturated carbocycles. The molecule has 1 aliphatic rings. The lowest BCUT2D eigenvalue weighted by Crippen LogP contribution is -2.39. The van der Waals surface area contributed by atoms with E-state index >= 15 is 0 Å². The average molecular weight is 437 g/mol. The molecule has 1 aliphatic heterocycles. The number of ether oxygens (including phenoxy) is 1. The molecule has 0 radical (unpaired) electrons. The third-order valence-electron chi connectivity index (χ3n) is 3.49. The molecular formula is C17H20Cl3N3O2S. The van der Waals surface area contributed by atoms with Gasteiger partial charge in [-0.2, -0.15) is 11.8 Å². The second kappa shape index (κ2) is 11.5. The van der Waals surface area contributed by atoms with Crippen molar-refractivity contribution in [3.8, 4) is 11.6 Å². The van der Waals surface area contributed by atoms with Gasteiger partial charge in [0.05, 0.1) is 11.9 Å². The van der Waals surface area contributed by atoms with Gasteiger partial charge in [0.25, 0.3) is 0 Å². The molecule has 2 heterocycles. The predicted octanol–water partition coefficient (Wildman–Crippen LogP) is 4.40. The van der Waals surface area contributed by atoms with Crippen LogP contribution in [0.2, 0.25) is 5.02 Å². The Morgan fingerprint density at radius 2 is 2.04 bits per heavy atom. The minimum absolute atomic E-state index is 0. The van der Waals surface area contributed by atoms with Crippen molar-refractivity contribution < 1.29 is 9.53 Å². The molecular weight excluding hydrogens is 417 g/mol. The quantitative estimate of drug-likeness (QED) is 0.727. The van der Waals surface area contributed by atoms with Gasteiger partial charge in [-0.15, -0.1) is 24.8 Å². The number of nitrogens with zero attached hydrogens (tertiary/aromatic N) is 1. The molecule has 1 amide bonds. The zero-order valence-corrected chi connectivity index (χ0v) is 17.0. The number of hydrogen-bond donors (Lipinski definition) is 2. The van der Waals surface area contributed by atoms with Gasteiger partial charge in [-0.25, -0.2) is 4.98 Å². The maximum absolute atomic E-state index is 12.1. The Bertz CT molecular complexity index is 681. The predicted molar refractivity (Wildman–Crippen MR) is 113 cm³/mol. The summed E-state index contributed by atoms with van der Waals surface area (Å²) in [5, 5.41) is 6.87. The molecule has 2 N–H and O–H groups in total. The van der Waals surface area contributed by atoms with Gasteiger partial charge in [0, 0.05) is 41.6 Å².